The highest BCUT2D eigenvalue weighted by molar-refractivity contribution is 6.33. The number of rotatable bonds is 2. The van der Waals surface area contributed by atoms with Crippen molar-refractivity contribution >= 4 is 11.6 Å². The summed E-state index contributed by atoms with van der Waals surface area (Å²) < 4.78 is 11.0. The molecular weight excluding hydrogens is 228 g/mol. The fourth-order valence-corrected chi connectivity index (χ4v) is 2.33. The number of fused-ring (bicyclic) bond motifs is 1. The van der Waals surface area contributed by atoms with Gasteiger partial charge in [-0.2, -0.15) is 0 Å². The van der Waals surface area contributed by atoms with Gasteiger partial charge in [0.1, 0.15) is 13.2 Å². The molecule has 0 aromatic heterocycles. The predicted molar refractivity (Wildman–Crippen MR) is 62.5 cm³/mol. The molecule has 1 N–H and O–H groups in total. The average Bonchev–Trinajstić information content (AvgIpc) is 2.29. The molecule has 3 nitrogen and oxygen atoms in total. The molecular formula is C12H15ClO3. The van der Waals surface area contributed by atoms with E-state index >= 15 is 0 Å². The van der Waals surface area contributed by atoms with Gasteiger partial charge in [0.2, 0.25) is 0 Å². The van der Waals surface area contributed by atoms with Crippen LogP contribution in [0.25, 0.3) is 0 Å². The van der Waals surface area contributed by atoms with Gasteiger partial charge in [-0.05, 0) is 30.5 Å². The highest BCUT2D eigenvalue weighted by Gasteiger charge is 2.22. The second-order valence-corrected chi connectivity index (χ2v) is 4.19. The van der Waals surface area contributed by atoms with Crippen LogP contribution in [0.15, 0.2) is 6.07 Å². The normalized spacial score (nSPS) is 16.0. The zero-order chi connectivity index (χ0) is 11.7. The maximum atomic E-state index is 9.71. The van der Waals surface area contributed by atoms with Crippen LogP contribution in [0.3, 0.4) is 0 Å². The standard InChI is InChI=1S/C12H15ClO3/c1-3-8-9(7(2)14)6-10-12(11(8)13)16-5-4-15-10/h6-7,14H,3-5H2,1-2H3. The maximum absolute atomic E-state index is 9.71. The van der Waals surface area contributed by atoms with Crippen LogP contribution in [0, 0.1) is 0 Å². The largest absolute Gasteiger partial charge is 0.486 e. The Labute approximate surface area is 99.9 Å². The van der Waals surface area contributed by atoms with E-state index in [9.17, 15) is 5.11 Å². The molecule has 0 amide bonds. The molecule has 0 spiro atoms. The van der Waals surface area contributed by atoms with Crippen molar-refractivity contribution in [3.63, 3.8) is 0 Å². The Balaban J connectivity index is 2.59. The molecule has 0 radical (unpaired) electrons. The quantitative estimate of drug-likeness (QED) is 0.867. The summed E-state index contributed by atoms with van der Waals surface area (Å²) in [6, 6.07) is 1.82. The summed E-state index contributed by atoms with van der Waals surface area (Å²) >= 11 is 6.26. The third-order valence-electron chi connectivity index (χ3n) is 2.71. The topological polar surface area (TPSA) is 38.7 Å². The van der Waals surface area contributed by atoms with E-state index in [4.69, 9.17) is 21.1 Å². The van der Waals surface area contributed by atoms with Crippen molar-refractivity contribution in [2.75, 3.05) is 13.2 Å². The van der Waals surface area contributed by atoms with Gasteiger partial charge in [0.05, 0.1) is 11.1 Å². The van der Waals surface area contributed by atoms with Gasteiger partial charge in [-0.1, -0.05) is 18.5 Å². The third kappa shape index (κ3) is 1.85. The van der Waals surface area contributed by atoms with Crippen molar-refractivity contribution in [3.8, 4) is 11.5 Å². The number of benzene rings is 1. The smallest absolute Gasteiger partial charge is 0.180 e. The fourth-order valence-electron chi connectivity index (χ4n) is 1.93. The Morgan fingerprint density at radius 3 is 2.75 bits per heavy atom. The molecule has 1 unspecified atom stereocenters. The predicted octanol–water partition coefficient (Wildman–Crippen LogP) is 2.73. The number of halogens is 1. The Kier molecular flexibility index (Phi) is 3.26. The van der Waals surface area contributed by atoms with Crippen LogP contribution in [0.5, 0.6) is 11.5 Å². The summed E-state index contributed by atoms with van der Waals surface area (Å²) in [5.74, 6) is 1.23. The van der Waals surface area contributed by atoms with Crippen LogP contribution in [-0.2, 0) is 6.42 Å². The lowest BCUT2D eigenvalue weighted by Gasteiger charge is -2.23. The van der Waals surface area contributed by atoms with Gasteiger partial charge in [-0.25, -0.2) is 0 Å². The summed E-state index contributed by atoms with van der Waals surface area (Å²) in [6.07, 6.45) is 0.207. The molecule has 1 aliphatic heterocycles. The van der Waals surface area contributed by atoms with E-state index in [1.54, 1.807) is 6.92 Å². The maximum Gasteiger partial charge on any atom is 0.180 e. The van der Waals surface area contributed by atoms with Gasteiger partial charge in [0.15, 0.2) is 11.5 Å². The van der Waals surface area contributed by atoms with Crippen LogP contribution in [-0.4, -0.2) is 18.3 Å². The Bertz CT molecular complexity index is 402. The van der Waals surface area contributed by atoms with E-state index in [0.29, 0.717) is 29.7 Å². The molecule has 0 saturated carbocycles. The second kappa shape index (κ2) is 4.52. The number of hydrogen-bond acceptors (Lipinski definition) is 3. The lowest BCUT2D eigenvalue weighted by atomic mass is 10.00. The molecule has 1 aromatic rings. The van der Waals surface area contributed by atoms with Gasteiger partial charge < -0.3 is 14.6 Å². The van der Waals surface area contributed by atoms with E-state index in [0.717, 1.165) is 17.5 Å². The van der Waals surface area contributed by atoms with E-state index < -0.39 is 6.10 Å². The molecule has 2 rings (SSSR count). The summed E-state index contributed by atoms with van der Waals surface area (Å²) in [5.41, 5.74) is 1.75. The zero-order valence-electron chi connectivity index (χ0n) is 9.42. The van der Waals surface area contributed by atoms with E-state index in [1.807, 2.05) is 13.0 Å². The monoisotopic (exact) mass is 242 g/mol. The summed E-state index contributed by atoms with van der Waals surface area (Å²) in [6.45, 7) is 4.77. The van der Waals surface area contributed by atoms with Gasteiger partial charge in [0, 0.05) is 0 Å². The molecule has 1 aromatic carbocycles. The minimum absolute atomic E-state index is 0.518. The minimum atomic E-state index is -0.553. The fraction of sp³-hybridized carbons (Fsp3) is 0.500. The van der Waals surface area contributed by atoms with Crippen LogP contribution in [0.1, 0.15) is 31.1 Å². The average molecular weight is 243 g/mol. The van der Waals surface area contributed by atoms with Gasteiger partial charge in [-0.15, -0.1) is 0 Å². The van der Waals surface area contributed by atoms with Gasteiger partial charge in [0.25, 0.3) is 0 Å². The molecule has 0 fully saturated rings. The number of aliphatic hydroxyl groups is 1. The highest BCUT2D eigenvalue weighted by atomic mass is 35.5. The SMILES string of the molecule is CCc1c(C(C)O)cc2c(c1Cl)OCCO2. The lowest BCUT2D eigenvalue weighted by Crippen LogP contribution is -2.17. The Morgan fingerprint density at radius 1 is 1.44 bits per heavy atom. The summed E-state index contributed by atoms with van der Waals surface area (Å²) in [5, 5.41) is 10.3. The lowest BCUT2D eigenvalue weighted by molar-refractivity contribution is 0.168. The van der Waals surface area contributed by atoms with Crippen molar-refractivity contribution in [3.05, 3.63) is 22.2 Å². The third-order valence-corrected chi connectivity index (χ3v) is 3.11. The molecule has 16 heavy (non-hydrogen) atoms. The first-order valence-corrected chi connectivity index (χ1v) is 5.81. The molecule has 88 valence electrons. The first-order chi connectivity index (χ1) is 7.65. The minimum Gasteiger partial charge on any atom is -0.486 e. The van der Waals surface area contributed by atoms with Crippen molar-refractivity contribution in [2.24, 2.45) is 0 Å². The van der Waals surface area contributed by atoms with Crippen LogP contribution in [0.4, 0.5) is 0 Å². The molecule has 0 saturated heterocycles. The van der Waals surface area contributed by atoms with Crippen LogP contribution < -0.4 is 9.47 Å². The summed E-state index contributed by atoms with van der Waals surface area (Å²) in [7, 11) is 0. The number of ether oxygens (including phenoxy) is 2. The van der Waals surface area contributed by atoms with Gasteiger partial charge >= 0.3 is 0 Å². The van der Waals surface area contributed by atoms with E-state index in [1.165, 1.54) is 0 Å². The second-order valence-electron chi connectivity index (χ2n) is 3.81. The number of aliphatic hydroxyl groups excluding tert-OH is 1. The molecule has 1 heterocycles. The Hall–Kier alpha value is -0.930. The molecule has 1 aliphatic rings. The highest BCUT2D eigenvalue weighted by Crippen LogP contribution is 2.43. The van der Waals surface area contributed by atoms with E-state index in [2.05, 4.69) is 0 Å². The Morgan fingerprint density at radius 2 is 2.12 bits per heavy atom. The molecule has 1 atom stereocenters. The first-order valence-electron chi connectivity index (χ1n) is 5.44. The van der Waals surface area contributed by atoms with Crippen LogP contribution >= 0.6 is 11.6 Å². The van der Waals surface area contributed by atoms with Crippen LogP contribution in [0.2, 0.25) is 5.02 Å². The van der Waals surface area contributed by atoms with Crippen molar-refractivity contribution in [2.45, 2.75) is 26.4 Å². The summed E-state index contributed by atoms with van der Waals surface area (Å²) in [4.78, 5) is 0. The zero-order valence-corrected chi connectivity index (χ0v) is 10.2. The molecule has 0 bridgehead atoms. The molecule has 0 aliphatic carbocycles. The van der Waals surface area contributed by atoms with Gasteiger partial charge in [-0.3, -0.25) is 0 Å². The van der Waals surface area contributed by atoms with Crippen molar-refractivity contribution in [1.82, 2.24) is 0 Å². The van der Waals surface area contributed by atoms with Crippen molar-refractivity contribution in [1.29, 1.82) is 0 Å². The molecule has 4 heteroatoms. The number of hydrogen-bond donors (Lipinski definition) is 1. The van der Waals surface area contributed by atoms with E-state index in [-0.39, 0.29) is 0 Å². The first kappa shape index (κ1) is 11.6. The van der Waals surface area contributed by atoms with Crippen molar-refractivity contribution < 1.29 is 14.6 Å².